The first kappa shape index (κ1) is 89.5. The smallest absolute Gasteiger partial charge is 0.171 e. The van der Waals surface area contributed by atoms with Crippen LogP contribution in [0.15, 0.2) is 0 Å². The first-order valence-electron chi connectivity index (χ1n) is 28.2. The second kappa shape index (κ2) is 71.0. The summed E-state index contributed by atoms with van der Waals surface area (Å²) >= 11 is 0. The van der Waals surface area contributed by atoms with E-state index in [1.165, 1.54) is 58.8 Å². The number of halogens is 15. The van der Waals surface area contributed by atoms with E-state index in [1.807, 2.05) is 41.5 Å². The molecule has 0 amide bonds. The van der Waals surface area contributed by atoms with Gasteiger partial charge in [0.25, 0.3) is 0 Å². The van der Waals surface area contributed by atoms with Crippen LogP contribution in [0.5, 0.6) is 0 Å². The summed E-state index contributed by atoms with van der Waals surface area (Å²) in [5.41, 5.74) is 0. The standard InChI is InChI=1S/2C6H11F3.C5H9F3.2C5H12.2C4H7F3.4C4H10.C3H8.C2H6/c2*1-3-5(2)4-6(7,8)9;1-3-4(2)5(6,7)8;1-4-5(2)3;1-3-5-4-2;2*1-3(2)4(5,6)7;2*1-4(2)3;2*1-3-4-2;1-3-2;1-2/h2*5H,3-4H2,1-2H3;4H,3H2,1-2H3;5H,4H2,1-3H3;3-5H2,1-2H3;2*3H,1-2H3;2*4H,1-3H3;2*3-4H2,1-2H3;3H2,1-2H3;1-2H3/t2*5-;;;;;;;;;;;/m00.........../s1/i;;;;;3D;;4D;;3D2;;;. The van der Waals surface area contributed by atoms with E-state index in [0.29, 0.717) is 19.3 Å². The molecule has 0 aliphatic rings. The topological polar surface area (TPSA) is 0 Å². The molecular formula is C56H123F15. The van der Waals surface area contributed by atoms with Gasteiger partial charge in [0.1, 0.15) is 0 Å². The molecule has 0 nitrogen and oxygen atoms in total. The van der Waals surface area contributed by atoms with E-state index in [-0.39, 0.29) is 24.2 Å². The molecule has 0 aliphatic carbocycles. The third kappa shape index (κ3) is 204. The molecule has 0 aliphatic heterocycles. The zero-order valence-corrected chi connectivity index (χ0v) is 51.3. The molecule has 1 unspecified atom stereocenters. The molecule has 0 radical (unpaired) electrons. The Bertz CT molecular complexity index is 943. The SMILES string of the molecule is CC.CC(C)C.CC(C)C(F)(F)F.CCC.CCC(C)C.CCC(C)C(F)(F)F.CCCC.CCCCC.CC[C@H](C)CC(F)(F)F.CC[C@H](C)CC(F)(F)F.[2H]C(C)(C)C.[2H]C(C)(C)C(F)(F)F.[2H]C([2H])(C)CC. The van der Waals surface area contributed by atoms with Gasteiger partial charge in [0.2, 0.25) is 0 Å². The molecule has 3 atom stereocenters. The van der Waals surface area contributed by atoms with Crippen LogP contribution in [0.2, 0.25) is 0 Å². The molecule has 15 heteroatoms. The lowest BCUT2D eigenvalue weighted by molar-refractivity contribution is -0.170. The van der Waals surface area contributed by atoms with Crippen molar-refractivity contribution in [3.63, 3.8) is 0 Å². The van der Waals surface area contributed by atoms with Gasteiger partial charge in [-0.25, -0.2) is 0 Å². The third-order valence-corrected chi connectivity index (χ3v) is 7.32. The summed E-state index contributed by atoms with van der Waals surface area (Å²) in [5, 5.41) is 0. The molecule has 0 spiro atoms. The molecule has 71 heavy (non-hydrogen) atoms. The maximum atomic E-state index is 11.5. The van der Waals surface area contributed by atoms with Gasteiger partial charge < -0.3 is 0 Å². The monoisotopic (exact) mass is 1080 g/mol. The van der Waals surface area contributed by atoms with E-state index in [4.69, 9.17) is 5.48 Å². The molecule has 0 fully saturated rings. The number of hydrogen-bond acceptors (Lipinski definition) is 0. The number of unbranched alkanes of at least 4 members (excludes halogenated alkanes) is 3. The van der Waals surface area contributed by atoms with E-state index in [0.717, 1.165) is 39.5 Å². The van der Waals surface area contributed by atoms with Gasteiger partial charge in [-0.05, 0) is 36.0 Å². The van der Waals surface area contributed by atoms with Gasteiger partial charge in [-0.3, -0.25) is 0 Å². The van der Waals surface area contributed by atoms with E-state index in [9.17, 15) is 65.9 Å². The van der Waals surface area contributed by atoms with E-state index < -0.39 is 67.8 Å². The molecule has 0 saturated carbocycles. The van der Waals surface area contributed by atoms with E-state index in [2.05, 4.69) is 83.1 Å². The summed E-state index contributed by atoms with van der Waals surface area (Å²) in [4.78, 5) is 0. The van der Waals surface area contributed by atoms with Gasteiger partial charge in [0.15, 0.2) is 0 Å². The van der Waals surface area contributed by atoms with Crippen molar-refractivity contribution in [2.45, 2.75) is 322 Å². The molecule has 0 saturated heterocycles. The van der Waals surface area contributed by atoms with Gasteiger partial charge in [-0.1, -0.05) is 271 Å². The summed E-state index contributed by atoms with van der Waals surface area (Å²) in [7, 11) is 0. The quantitative estimate of drug-likeness (QED) is 0.191. The maximum absolute atomic E-state index is 11.5. The first-order valence-corrected chi connectivity index (χ1v) is 26.2. The predicted molar refractivity (Wildman–Crippen MR) is 287 cm³/mol. The van der Waals surface area contributed by atoms with Crippen LogP contribution in [0.4, 0.5) is 65.9 Å². The lowest BCUT2D eigenvalue weighted by Gasteiger charge is -2.11. The van der Waals surface area contributed by atoms with Crippen molar-refractivity contribution in [3.05, 3.63) is 0 Å². The average molecular weight is 1090 g/mol. The van der Waals surface area contributed by atoms with Crippen LogP contribution < -0.4 is 0 Å². The van der Waals surface area contributed by atoms with Crippen molar-refractivity contribution in [1.29, 1.82) is 0 Å². The molecule has 0 bridgehead atoms. The minimum Gasteiger partial charge on any atom is -0.171 e. The summed E-state index contributed by atoms with van der Waals surface area (Å²) in [6.07, 6.45) is -11.4. The van der Waals surface area contributed by atoms with Crippen molar-refractivity contribution in [3.8, 4) is 0 Å². The highest BCUT2D eigenvalue weighted by molar-refractivity contribution is 4.59. The molecule has 452 valence electrons. The van der Waals surface area contributed by atoms with Gasteiger partial charge >= 0.3 is 30.9 Å². The Morgan fingerprint density at radius 1 is 0.380 bits per heavy atom. The Labute approximate surface area is 439 Å². The van der Waals surface area contributed by atoms with Crippen LogP contribution in [0, 0.1) is 47.3 Å². The summed E-state index contributed by atoms with van der Waals surface area (Å²) in [6.45, 7) is 52.5. The van der Waals surface area contributed by atoms with Crippen molar-refractivity contribution in [2.24, 2.45) is 47.3 Å². The van der Waals surface area contributed by atoms with E-state index in [1.54, 1.807) is 34.6 Å². The highest BCUT2D eigenvalue weighted by atomic mass is 19.4. The highest BCUT2D eigenvalue weighted by Crippen LogP contribution is 2.28. The van der Waals surface area contributed by atoms with Crippen molar-refractivity contribution >= 4 is 0 Å². The Hall–Kier alpha value is -1.05. The average Bonchev–Trinajstić information content (AvgIpc) is 3.19. The highest BCUT2D eigenvalue weighted by Gasteiger charge is 2.34. The van der Waals surface area contributed by atoms with Gasteiger partial charge in [-0.2, -0.15) is 65.9 Å². The van der Waals surface area contributed by atoms with Crippen LogP contribution >= 0.6 is 0 Å². The number of rotatable bonds is 10. The molecule has 0 N–H and O–H groups in total. The van der Waals surface area contributed by atoms with Crippen LogP contribution in [0.1, 0.15) is 296 Å². The van der Waals surface area contributed by atoms with Crippen LogP contribution in [-0.4, -0.2) is 30.9 Å². The van der Waals surface area contributed by atoms with Crippen molar-refractivity contribution < 1.29 is 71.3 Å². The predicted octanol–water partition coefficient (Wildman–Crippen LogP) is 26.6. The molecule has 0 aromatic carbocycles. The van der Waals surface area contributed by atoms with Gasteiger partial charge in [0, 0.05) is 30.1 Å². The fourth-order valence-corrected chi connectivity index (χ4v) is 1.66. The second-order valence-electron chi connectivity index (χ2n) is 18.5. The lowest BCUT2D eigenvalue weighted by Crippen LogP contribution is -2.18. The molecule has 0 aromatic heterocycles. The lowest BCUT2D eigenvalue weighted by atomic mass is 10.1. The largest absolute Gasteiger partial charge is 0.391 e. The fraction of sp³-hybridized carbons (Fsp3) is 1.00. The summed E-state index contributed by atoms with van der Waals surface area (Å²) < 4.78 is 198. The molecular weight excluding hydrogens is 958 g/mol. The third-order valence-electron chi connectivity index (χ3n) is 7.32. The van der Waals surface area contributed by atoms with Crippen LogP contribution in [0.25, 0.3) is 0 Å². The Kier molecular flexibility index (Phi) is 89.5. The number of hydrogen-bond donors (Lipinski definition) is 0. The Morgan fingerprint density at radius 2 is 0.577 bits per heavy atom. The minimum absolute atomic E-state index is 0.170. The maximum Gasteiger partial charge on any atom is 0.391 e. The zero-order valence-electron chi connectivity index (χ0n) is 55.3. The normalized spacial score (nSPS) is 13.1. The van der Waals surface area contributed by atoms with Crippen molar-refractivity contribution in [1.82, 2.24) is 0 Å². The molecule has 0 heterocycles. The van der Waals surface area contributed by atoms with Gasteiger partial charge in [0.05, 0.1) is 5.92 Å². The van der Waals surface area contributed by atoms with Crippen LogP contribution in [-0.2, 0) is 0 Å². The van der Waals surface area contributed by atoms with Crippen molar-refractivity contribution in [2.75, 3.05) is 0 Å². The second-order valence-corrected chi connectivity index (χ2v) is 18.5. The first-order chi connectivity index (χ1) is 32.9. The summed E-state index contributed by atoms with van der Waals surface area (Å²) in [6, 6.07) is 0. The minimum atomic E-state index is -4.40. The van der Waals surface area contributed by atoms with E-state index >= 15 is 0 Å². The number of alkyl halides is 15. The zero-order chi connectivity index (χ0) is 64.7. The summed E-state index contributed by atoms with van der Waals surface area (Å²) in [5.74, 6) is -3.66. The fourth-order valence-electron chi connectivity index (χ4n) is 1.66. The van der Waals surface area contributed by atoms with Crippen LogP contribution in [0.3, 0.4) is 0 Å². The Balaban J connectivity index is -0.0000000513. The molecule has 0 aromatic rings. The Morgan fingerprint density at radius 3 is 0.592 bits per heavy atom. The molecule has 0 rings (SSSR count). The van der Waals surface area contributed by atoms with Gasteiger partial charge in [-0.15, -0.1) is 0 Å².